The molecule has 1 aliphatic heterocycles. The van der Waals surface area contributed by atoms with Gasteiger partial charge in [0.25, 0.3) is 0 Å². The van der Waals surface area contributed by atoms with E-state index >= 15 is 0 Å². The minimum absolute atomic E-state index is 0.0544. The summed E-state index contributed by atoms with van der Waals surface area (Å²) in [5, 5.41) is 6.24. The maximum atomic E-state index is 10.7. The van der Waals surface area contributed by atoms with Crippen molar-refractivity contribution in [1.82, 2.24) is 10.6 Å². The van der Waals surface area contributed by atoms with Gasteiger partial charge in [-0.15, -0.1) is 0 Å². The molecule has 1 fully saturated rings. The summed E-state index contributed by atoms with van der Waals surface area (Å²) >= 11 is 0. The van der Waals surface area contributed by atoms with Crippen LogP contribution in [0.4, 0.5) is 0 Å². The molecule has 9 heavy (non-hydrogen) atoms. The summed E-state index contributed by atoms with van der Waals surface area (Å²) in [5.41, 5.74) is 0. The van der Waals surface area contributed by atoms with Crippen molar-refractivity contribution in [3.8, 4) is 0 Å². The van der Waals surface area contributed by atoms with Crippen molar-refractivity contribution in [2.75, 3.05) is 19.6 Å². The first-order valence-corrected chi connectivity index (χ1v) is 3.25. The summed E-state index contributed by atoms with van der Waals surface area (Å²) in [5.74, 6) is 0.224. The standard InChI is InChI=1S/C6H12N2O/c1-5(9)6-4-7-2-3-8-6/h6-8H,2-4H2,1H3. The Morgan fingerprint density at radius 2 is 2.33 bits per heavy atom. The van der Waals surface area contributed by atoms with Crippen LogP contribution in [-0.4, -0.2) is 31.5 Å². The van der Waals surface area contributed by atoms with Crippen LogP contribution in [0.2, 0.25) is 0 Å². The molecule has 1 unspecified atom stereocenters. The van der Waals surface area contributed by atoms with Gasteiger partial charge in [0, 0.05) is 19.6 Å². The Morgan fingerprint density at radius 1 is 1.56 bits per heavy atom. The van der Waals surface area contributed by atoms with E-state index in [4.69, 9.17) is 0 Å². The minimum Gasteiger partial charge on any atom is -0.313 e. The first kappa shape index (κ1) is 6.71. The van der Waals surface area contributed by atoms with Gasteiger partial charge in [-0.2, -0.15) is 0 Å². The lowest BCUT2D eigenvalue weighted by atomic mass is 10.2. The number of hydrogen-bond donors (Lipinski definition) is 2. The van der Waals surface area contributed by atoms with Gasteiger partial charge in [0.05, 0.1) is 6.04 Å². The fourth-order valence-corrected chi connectivity index (χ4v) is 0.941. The maximum Gasteiger partial charge on any atom is 0.147 e. The molecule has 1 aliphatic rings. The van der Waals surface area contributed by atoms with E-state index in [1.165, 1.54) is 0 Å². The lowest BCUT2D eigenvalue weighted by molar-refractivity contribution is -0.119. The molecule has 1 saturated heterocycles. The number of hydrogen-bond acceptors (Lipinski definition) is 3. The van der Waals surface area contributed by atoms with Crippen molar-refractivity contribution in [3.05, 3.63) is 0 Å². The Balaban J connectivity index is 2.31. The lowest BCUT2D eigenvalue weighted by Gasteiger charge is -2.21. The van der Waals surface area contributed by atoms with E-state index < -0.39 is 0 Å². The number of ketones is 1. The second-order valence-electron chi connectivity index (χ2n) is 2.32. The summed E-state index contributed by atoms with van der Waals surface area (Å²) < 4.78 is 0. The van der Waals surface area contributed by atoms with Crippen molar-refractivity contribution < 1.29 is 4.79 Å². The fourth-order valence-electron chi connectivity index (χ4n) is 0.941. The van der Waals surface area contributed by atoms with Crippen molar-refractivity contribution in [2.45, 2.75) is 13.0 Å². The number of rotatable bonds is 1. The zero-order chi connectivity index (χ0) is 6.69. The van der Waals surface area contributed by atoms with Gasteiger partial charge in [-0.25, -0.2) is 0 Å². The van der Waals surface area contributed by atoms with Crippen LogP contribution in [0.5, 0.6) is 0 Å². The summed E-state index contributed by atoms with van der Waals surface area (Å²) in [6, 6.07) is 0.0544. The molecule has 1 heterocycles. The van der Waals surface area contributed by atoms with E-state index in [1.54, 1.807) is 6.92 Å². The molecule has 52 valence electrons. The Bertz CT molecular complexity index is 108. The van der Waals surface area contributed by atoms with E-state index in [-0.39, 0.29) is 11.8 Å². The highest BCUT2D eigenvalue weighted by atomic mass is 16.1. The quantitative estimate of drug-likeness (QED) is 0.482. The highest BCUT2D eigenvalue weighted by Crippen LogP contribution is 1.86. The molecule has 3 nitrogen and oxygen atoms in total. The third-order valence-corrected chi connectivity index (χ3v) is 1.53. The van der Waals surface area contributed by atoms with Crippen LogP contribution in [0.25, 0.3) is 0 Å². The van der Waals surface area contributed by atoms with Crippen LogP contribution in [-0.2, 0) is 4.79 Å². The van der Waals surface area contributed by atoms with Gasteiger partial charge in [0.15, 0.2) is 0 Å². The molecule has 0 aromatic rings. The third-order valence-electron chi connectivity index (χ3n) is 1.53. The van der Waals surface area contributed by atoms with E-state index in [1.807, 2.05) is 0 Å². The molecule has 0 aromatic carbocycles. The Morgan fingerprint density at radius 3 is 2.67 bits per heavy atom. The van der Waals surface area contributed by atoms with Crippen molar-refractivity contribution in [1.29, 1.82) is 0 Å². The second-order valence-corrected chi connectivity index (χ2v) is 2.32. The zero-order valence-electron chi connectivity index (χ0n) is 5.61. The summed E-state index contributed by atoms with van der Waals surface area (Å²) in [7, 11) is 0. The molecule has 0 saturated carbocycles. The molecule has 0 amide bonds. The summed E-state index contributed by atoms with van der Waals surface area (Å²) in [6.45, 7) is 4.29. The molecule has 0 radical (unpaired) electrons. The summed E-state index contributed by atoms with van der Waals surface area (Å²) in [6.07, 6.45) is 0. The van der Waals surface area contributed by atoms with E-state index in [2.05, 4.69) is 10.6 Å². The first-order chi connectivity index (χ1) is 4.30. The minimum atomic E-state index is 0.0544. The number of piperazine rings is 1. The SMILES string of the molecule is CC(=O)C1CNCCN1. The van der Waals surface area contributed by atoms with Crippen LogP contribution in [0.1, 0.15) is 6.92 Å². The number of carbonyl (C=O) groups is 1. The van der Waals surface area contributed by atoms with Crippen LogP contribution in [0, 0.1) is 0 Å². The molecule has 0 bridgehead atoms. The molecule has 0 aromatic heterocycles. The van der Waals surface area contributed by atoms with Gasteiger partial charge < -0.3 is 10.6 Å². The molecular weight excluding hydrogens is 116 g/mol. The van der Waals surface area contributed by atoms with Gasteiger partial charge in [-0.3, -0.25) is 4.79 Å². The largest absolute Gasteiger partial charge is 0.313 e. The topological polar surface area (TPSA) is 41.1 Å². The van der Waals surface area contributed by atoms with E-state index in [9.17, 15) is 4.79 Å². The van der Waals surface area contributed by atoms with Crippen molar-refractivity contribution in [2.24, 2.45) is 0 Å². The number of nitrogens with one attached hydrogen (secondary N) is 2. The predicted molar refractivity (Wildman–Crippen MR) is 35.3 cm³/mol. The van der Waals surface area contributed by atoms with Crippen molar-refractivity contribution in [3.63, 3.8) is 0 Å². The average molecular weight is 128 g/mol. The number of Topliss-reactive ketones (excluding diaryl/α,β-unsaturated/α-hetero) is 1. The molecule has 0 aliphatic carbocycles. The number of carbonyl (C=O) groups excluding carboxylic acids is 1. The first-order valence-electron chi connectivity index (χ1n) is 3.25. The van der Waals surface area contributed by atoms with Crippen LogP contribution >= 0.6 is 0 Å². The molecule has 2 N–H and O–H groups in total. The molecule has 1 atom stereocenters. The van der Waals surface area contributed by atoms with Crippen molar-refractivity contribution >= 4 is 5.78 Å². The van der Waals surface area contributed by atoms with Crippen LogP contribution < -0.4 is 10.6 Å². The Hall–Kier alpha value is -0.410. The van der Waals surface area contributed by atoms with Gasteiger partial charge in [0.1, 0.15) is 5.78 Å². The van der Waals surface area contributed by atoms with Crippen LogP contribution in [0.15, 0.2) is 0 Å². The molecule has 1 rings (SSSR count). The predicted octanol–water partition coefficient (Wildman–Crippen LogP) is -0.863. The van der Waals surface area contributed by atoms with Gasteiger partial charge >= 0.3 is 0 Å². The van der Waals surface area contributed by atoms with E-state index in [0.29, 0.717) is 0 Å². The molecular formula is C6H12N2O. The Kier molecular flexibility index (Phi) is 2.19. The average Bonchev–Trinajstić information content (AvgIpc) is 1.90. The lowest BCUT2D eigenvalue weighted by Crippen LogP contribution is -2.51. The monoisotopic (exact) mass is 128 g/mol. The highest BCUT2D eigenvalue weighted by molar-refractivity contribution is 5.81. The van der Waals surface area contributed by atoms with Gasteiger partial charge in [-0.05, 0) is 6.92 Å². The highest BCUT2D eigenvalue weighted by Gasteiger charge is 2.14. The Labute approximate surface area is 54.8 Å². The second kappa shape index (κ2) is 2.94. The van der Waals surface area contributed by atoms with Gasteiger partial charge in [-0.1, -0.05) is 0 Å². The molecule has 0 spiro atoms. The third kappa shape index (κ3) is 1.77. The maximum absolute atomic E-state index is 10.7. The normalized spacial score (nSPS) is 27.9. The van der Waals surface area contributed by atoms with E-state index in [0.717, 1.165) is 19.6 Å². The van der Waals surface area contributed by atoms with Crippen LogP contribution in [0.3, 0.4) is 0 Å². The molecule has 3 heteroatoms. The fraction of sp³-hybridized carbons (Fsp3) is 0.833. The summed E-state index contributed by atoms with van der Waals surface area (Å²) in [4.78, 5) is 10.7. The smallest absolute Gasteiger partial charge is 0.147 e. The van der Waals surface area contributed by atoms with Gasteiger partial charge in [0.2, 0.25) is 0 Å². The zero-order valence-corrected chi connectivity index (χ0v) is 5.61.